The SMILES string of the molecule is CC(CO)NC(=O)NCCCCc1ccc([N+](=O)[O-])cc1. The van der Waals surface area contributed by atoms with Gasteiger partial charge in [0.15, 0.2) is 0 Å². The lowest BCUT2D eigenvalue weighted by molar-refractivity contribution is -0.384. The maximum absolute atomic E-state index is 11.3. The molecule has 0 radical (unpaired) electrons. The zero-order valence-corrected chi connectivity index (χ0v) is 12.0. The van der Waals surface area contributed by atoms with Gasteiger partial charge in [0, 0.05) is 18.7 Å². The first-order valence-corrected chi connectivity index (χ1v) is 6.91. The van der Waals surface area contributed by atoms with Crippen LogP contribution in [0.5, 0.6) is 0 Å². The lowest BCUT2D eigenvalue weighted by Gasteiger charge is -2.11. The standard InChI is InChI=1S/C14H21N3O4/c1-11(10-18)16-14(19)15-9-3-2-4-12-5-7-13(8-6-12)17(20)21/h5-8,11,18H,2-4,9-10H2,1H3,(H2,15,16,19). The summed E-state index contributed by atoms with van der Waals surface area (Å²) in [5.74, 6) is 0. The van der Waals surface area contributed by atoms with Crippen LogP contribution in [0.2, 0.25) is 0 Å². The Bertz CT molecular complexity index is 462. The van der Waals surface area contributed by atoms with Crippen molar-refractivity contribution in [1.82, 2.24) is 10.6 Å². The minimum atomic E-state index is -0.417. The van der Waals surface area contributed by atoms with E-state index in [2.05, 4.69) is 10.6 Å². The van der Waals surface area contributed by atoms with Crippen LogP contribution in [0.15, 0.2) is 24.3 Å². The van der Waals surface area contributed by atoms with Crippen molar-refractivity contribution in [3.8, 4) is 0 Å². The molecule has 7 nitrogen and oxygen atoms in total. The first-order chi connectivity index (χ1) is 10.0. The summed E-state index contributed by atoms with van der Waals surface area (Å²) in [5.41, 5.74) is 1.13. The molecule has 1 aromatic carbocycles. The number of aliphatic hydroxyl groups excluding tert-OH is 1. The minimum absolute atomic E-state index is 0.0897. The van der Waals surface area contributed by atoms with Gasteiger partial charge in [0.1, 0.15) is 0 Å². The van der Waals surface area contributed by atoms with Crippen molar-refractivity contribution in [1.29, 1.82) is 0 Å². The van der Waals surface area contributed by atoms with Crippen molar-refractivity contribution in [3.63, 3.8) is 0 Å². The number of nitrogens with one attached hydrogen (secondary N) is 2. The molecule has 1 atom stereocenters. The van der Waals surface area contributed by atoms with Crippen LogP contribution in [0.3, 0.4) is 0 Å². The third kappa shape index (κ3) is 6.71. The van der Waals surface area contributed by atoms with Gasteiger partial charge in [0.25, 0.3) is 5.69 Å². The number of hydrogen-bond acceptors (Lipinski definition) is 4. The van der Waals surface area contributed by atoms with E-state index in [-0.39, 0.29) is 24.4 Å². The Kier molecular flexibility index (Phi) is 7.17. The topological polar surface area (TPSA) is 104 Å². The van der Waals surface area contributed by atoms with Gasteiger partial charge in [0.05, 0.1) is 17.6 Å². The molecule has 7 heteroatoms. The average molecular weight is 295 g/mol. The second kappa shape index (κ2) is 8.91. The highest BCUT2D eigenvalue weighted by atomic mass is 16.6. The summed E-state index contributed by atoms with van der Waals surface area (Å²) in [7, 11) is 0. The summed E-state index contributed by atoms with van der Waals surface area (Å²) in [4.78, 5) is 21.4. The number of nitrogens with zero attached hydrogens (tertiary/aromatic N) is 1. The van der Waals surface area contributed by atoms with Crippen LogP contribution in [0.4, 0.5) is 10.5 Å². The van der Waals surface area contributed by atoms with E-state index in [9.17, 15) is 14.9 Å². The molecule has 0 bridgehead atoms. The number of aliphatic hydroxyl groups is 1. The number of urea groups is 1. The molecular weight excluding hydrogens is 274 g/mol. The van der Waals surface area contributed by atoms with Crippen LogP contribution in [0.25, 0.3) is 0 Å². The molecule has 0 saturated heterocycles. The third-order valence-electron chi connectivity index (χ3n) is 2.98. The average Bonchev–Trinajstić information content (AvgIpc) is 2.47. The first-order valence-electron chi connectivity index (χ1n) is 6.91. The zero-order valence-electron chi connectivity index (χ0n) is 12.0. The molecular formula is C14H21N3O4. The smallest absolute Gasteiger partial charge is 0.315 e. The van der Waals surface area contributed by atoms with E-state index in [1.54, 1.807) is 19.1 Å². The molecule has 1 unspecified atom stereocenters. The van der Waals surface area contributed by atoms with E-state index in [0.717, 1.165) is 24.8 Å². The summed E-state index contributed by atoms with van der Waals surface area (Å²) in [6.07, 6.45) is 2.51. The van der Waals surface area contributed by atoms with Gasteiger partial charge in [0.2, 0.25) is 0 Å². The van der Waals surface area contributed by atoms with E-state index in [4.69, 9.17) is 5.11 Å². The molecule has 116 valence electrons. The Morgan fingerprint density at radius 3 is 2.57 bits per heavy atom. The van der Waals surface area contributed by atoms with Gasteiger partial charge in [-0.1, -0.05) is 12.1 Å². The lowest BCUT2D eigenvalue weighted by atomic mass is 10.1. The molecule has 0 aromatic heterocycles. The summed E-state index contributed by atoms with van der Waals surface area (Å²) in [5, 5.41) is 24.6. The number of benzene rings is 1. The van der Waals surface area contributed by atoms with Crippen molar-refractivity contribution in [2.24, 2.45) is 0 Å². The van der Waals surface area contributed by atoms with Crippen LogP contribution in [-0.4, -0.2) is 35.3 Å². The summed E-state index contributed by atoms with van der Waals surface area (Å²) in [6.45, 7) is 2.18. The number of unbranched alkanes of at least 4 members (excludes halogenated alkanes) is 1. The summed E-state index contributed by atoms with van der Waals surface area (Å²) >= 11 is 0. The van der Waals surface area contributed by atoms with Gasteiger partial charge in [-0.2, -0.15) is 0 Å². The van der Waals surface area contributed by atoms with Crippen molar-refractivity contribution in [3.05, 3.63) is 39.9 Å². The third-order valence-corrected chi connectivity index (χ3v) is 2.98. The second-order valence-electron chi connectivity index (χ2n) is 4.86. The molecule has 21 heavy (non-hydrogen) atoms. The Hall–Kier alpha value is -2.15. The number of rotatable bonds is 8. The monoisotopic (exact) mass is 295 g/mol. The number of hydrogen-bond donors (Lipinski definition) is 3. The fourth-order valence-electron chi connectivity index (χ4n) is 1.76. The fraction of sp³-hybridized carbons (Fsp3) is 0.500. The molecule has 0 aliphatic carbocycles. The molecule has 0 fully saturated rings. The van der Waals surface area contributed by atoms with Gasteiger partial charge in [-0.15, -0.1) is 0 Å². The Morgan fingerprint density at radius 2 is 2.00 bits per heavy atom. The number of non-ortho nitro benzene ring substituents is 1. The molecule has 0 aliphatic rings. The van der Waals surface area contributed by atoms with E-state index in [0.29, 0.717) is 6.54 Å². The van der Waals surface area contributed by atoms with E-state index >= 15 is 0 Å². The number of carbonyl (C=O) groups is 1. The second-order valence-corrected chi connectivity index (χ2v) is 4.86. The largest absolute Gasteiger partial charge is 0.394 e. The van der Waals surface area contributed by atoms with Crippen LogP contribution in [0.1, 0.15) is 25.3 Å². The number of aryl methyl sites for hydroxylation is 1. The zero-order chi connectivity index (χ0) is 15.7. The Morgan fingerprint density at radius 1 is 1.33 bits per heavy atom. The number of amides is 2. The van der Waals surface area contributed by atoms with Crippen molar-refractivity contribution < 1.29 is 14.8 Å². The summed E-state index contributed by atoms with van der Waals surface area (Å²) in [6, 6.07) is 5.95. The molecule has 3 N–H and O–H groups in total. The molecule has 0 aliphatic heterocycles. The van der Waals surface area contributed by atoms with Crippen LogP contribution < -0.4 is 10.6 Å². The van der Waals surface area contributed by atoms with Crippen molar-refractivity contribution in [2.75, 3.05) is 13.2 Å². The highest BCUT2D eigenvalue weighted by Crippen LogP contribution is 2.13. The van der Waals surface area contributed by atoms with E-state index in [1.165, 1.54) is 12.1 Å². The molecule has 1 rings (SSSR count). The van der Waals surface area contributed by atoms with Gasteiger partial charge in [-0.3, -0.25) is 10.1 Å². The minimum Gasteiger partial charge on any atom is -0.394 e. The van der Waals surface area contributed by atoms with E-state index < -0.39 is 4.92 Å². The van der Waals surface area contributed by atoms with Crippen molar-refractivity contribution in [2.45, 2.75) is 32.2 Å². The number of nitro groups is 1. The maximum Gasteiger partial charge on any atom is 0.315 e. The fourth-order valence-corrected chi connectivity index (χ4v) is 1.76. The normalized spacial score (nSPS) is 11.7. The summed E-state index contributed by atoms with van der Waals surface area (Å²) < 4.78 is 0. The van der Waals surface area contributed by atoms with Crippen LogP contribution >= 0.6 is 0 Å². The molecule has 0 spiro atoms. The maximum atomic E-state index is 11.3. The lowest BCUT2D eigenvalue weighted by Crippen LogP contribution is -2.42. The number of carbonyl (C=O) groups excluding carboxylic acids is 1. The van der Waals surface area contributed by atoms with E-state index in [1.807, 2.05) is 0 Å². The first kappa shape index (κ1) is 16.9. The quantitative estimate of drug-likeness (QED) is 0.385. The van der Waals surface area contributed by atoms with Crippen LogP contribution in [-0.2, 0) is 6.42 Å². The van der Waals surface area contributed by atoms with Crippen LogP contribution in [0, 0.1) is 10.1 Å². The van der Waals surface area contributed by atoms with Gasteiger partial charge in [-0.25, -0.2) is 4.79 Å². The highest BCUT2D eigenvalue weighted by Gasteiger charge is 2.05. The molecule has 0 heterocycles. The van der Waals surface area contributed by atoms with Crippen molar-refractivity contribution >= 4 is 11.7 Å². The molecule has 1 aromatic rings. The predicted molar refractivity (Wildman–Crippen MR) is 79.1 cm³/mol. The number of nitro benzene ring substituents is 1. The van der Waals surface area contributed by atoms with Gasteiger partial charge < -0.3 is 15.7 Å². The van der Waals surface area contributed by atoms with Gasteiger partial charge >= 0.3 is 6.03 Å². The Labute approximate surface area is 123 Å². The molecule has 0 saturated carbocycles. The molecule has 2 amide bonds. The Balaban J connectivity index is 2.16. The predicted octanol–water partition coefficient (Wildman–Crippen LogP) is 1.60. The van der Waals surface area contributed by atoms with Gasteiger partial charge in [-0.05, 0) is 31.7 Å². The highest BCUT2D eigenvalue weighted by molar-refractivity contribution is 5.74.